The Hall–Kier alpha value is -4.26. The van der Waals surface area contributed by atoms with Crippen LogP contribution in [0.25, 0.3) is 11.0 Å². The SMILES string of the molecule is O=C(O)CCCCC[C@H](NC(=O)c1ccccc1)c1nc2cc(C(=O)c3ccccc3)ccc2[nH]1. The highest BCUT2D eigenvalue weighted by molar-refractivity contribution is 6.10. The van der Waals surface area contributed by atoms with Crippen LogP contribution in [0.5, 0.6) is 0 Å². The molecule has 1 amide bonds. The first-order valence-electron chi connectivity index (χ1n) is 11.7. The third kappa shape index (κ3) is 6.20. The zero-order valence-electron chi connectivity index (χ0n) is 19.2. The summed E-state index contributed by atoms with van der Waals surface area (Å²) in [7, 11) is 0. The largest absolute Gasteiger partial charge is 0.481 e. The van der Waals surface area contributed by atoms with E-state index in [4.69, 9.17) is 10.1 Å². The molecule has 0 aliphatic heterocycles. The average molecular weight is 470 g/mol. The van der Waals surface area contributed by atoms with Gasteiger partial charge < -0.3 is 15.4 Å². The number of nitrogens with one attached hydrogen (secondary N) is 2. The van der Waals surface area contributed by atoms with Crippen LogP contribution in [0.2, 0.25) is 0 Å². The molecule has 7 heteroatoms. The highest BCUT2D eigenvalue weighted by atomic mass is 16.4. The number of aromatic nitrogens is 2. The van der Waals surface area contributed by atoms with E-state index in [1.165, 1.54) is 0 Å². The van der Waals surface area contributed by atoms with Gasteiger partial charge in [0.05, 0.1) is 17.1 Å². The summed E-state index contributed by atoms with van der Waals surface area (Å²) in [6.45, 7) is 0. The topological polar surface area (TPSA) is 112 Å². The number of rotatable bonds is 11. The lowest BCUT2D eigenvalue weighted by atomic mass is 10.0. The summed E-state index contributed by atoms with van der Waals surface area (Å²) < 4.78 is 0. The van der Waals surface area contributed by atoms with Crippen molar-refractivity contribution in [3.8, 4) is 0 Å². The minimum atomic E-state index is -0.808. The van der Waals surface area contributed by atoms with Gasteiger partial charge >= 0.3 is 5.97 Å². The van der Waals surface area contributed by atoms with Crippen molar-refractivity contribution in [1.29, 1.82) is 0 Å². The smallest absolute Gasteiger partial charge is 0.303 e. The van der Waals surface area contributed by atoms with E-state index in [-0.39, 0.29) is 24.2 Å². The Kier molecular flexibility index (Phi) is 7.67. The first-order valence-corrected chi connectivity index (χ1v) is 11.7. The highest BCUT2D eigenvalue weighted by Crippen LogP contribution is 2.23. The van der Waals surface area contributed by atoms with Crippen LogP contribution in [0, 0.1) is 0 Å². The van der Waals surface area contributed by atoms with Crippen molar-refractivity contribution in [2.75, 3.05) is 0 Å². The number of benzene rings is 3. The van der Waals surface area contributed by atoms with Crippen molar-refractivity contribution < 1.29 is 19.5 Å². The van der Waals surface area contributed by atoms with Crippen molar-refractivity contribution in [2.24, 2.45) is 0 Å². The zero-order valence-corrected chi connectivity index (χ0v) is 19.2. The monoisotopic (exact) mass is 469 g/mol. The molecule has 0 aliphatic carbocycles. The molecular formula is C28H27N3O4. The number of amides is 1. The third-order valence-electron chi connectivity index (χ3n) is 5.85. The number of imidazole rings is 1. The molecule has 1 atom stereocenters. The molecule has 0 spiro atoms. The molecule has 0 unspecified atom stereocenters. The molecule has 0 fully saturated rings. The number of H-pyrrole nitrogens is 1. The fraction of sp³-hybridized carbons (Fsp3) is 0.214. The molecule has 4 aromatic rings. The second-order valence-electron chi connectivity index (χ2n) is 8.43. The maximum Gasteiger partial charge on any atom is 0.303 e. The van der Waals surface area contributed by atoms with Gasteiger partial charge in [-0.2, -0.15) is 0 Å². The molecule has 1 heterocycles. The molecule has 4 rings (SSSR count). The van der Waals surface area contributed by atoms with Crippen molar-refractivity contribution in [3.05, 3.63) is 101 Å². The Balaban J connectivity index is 1.55. The minimum Gasteiger partial charge on any atom is -0.481 e. The van der Waals surface area contributed by atoms with Gasteiger partial charge in [0.2, 0.25) is 0 Å². The Labute approximate surface area is 203 Å². The Morgan fingerprint density at radius 2 is 1.51 bits per heavy atom. The molecule has 1 aromatic heterocycles. The van der Waals surface area contributed by atoms with Crippen LogP contribution in [0.4, 0.5) is 0 Å². The van der Waals surface area contributed by atoms with Gasteiger partial charge in [-0.15, -0.1) is 0 Å². The van der Waals surface area contributed by atoms with Gasteiger partial charge in [0, 0.05) is 23.1 Å². The van der Waals surface area contributed by atoms with Crippen molar-refractivity contribution >= 4 is 28.7 Å². The summed E-state index contributed by atoms with van der Waals surface area (Å²) in [6, 6.07) is 23.0. The Bertz CT molecular complexity index is 1320. The summed E-state index contributed by atoms with van der Waals surface area (Å²) in [5.74, 6) is -0.491. The number of aliphatic carboxylic acids is 1. The van der Waals surface area contributed by atoms with Crippen molar-refractivity contribution in [2.45, 2.75) is 38.1 Å². The number of fused-ring (bicyclic) bond motifs is 1. The van der Waals surface area contributed by atoms with Crippen LogP contribution in [0.3, 0.4) is 0 Å². The Morgan fingerprint density at radius 1 is 0.829 bits per heavy atom. The number of unbranched alkanes of at least 4 members (excludes halogenated alkanes) is 2. The van der Waals surface area contributed by atoms with E-state index >= 15 is 0 Å². The number of carbonyl (C=O) groups excluding carboxylic acids is 2. The van der Waals surface area contributed by atoms with Crippen LogP contribution < -0.4 is 5.32 Å². The molecule has 178 valence electrons. The van der Waals surface area contributed by atoms with Gasteiger partial charge in [-0.1, -0.05) is 61.4 Å². The third-order valence-corrected chi connectivity index (χ3v) is 5.85. The molecule has 7 nitrogen and oxygen atoms in total. The van der Waals surface area contributed by atoms with E-state index in [0.29, 0.717) is 40.9 Å². The lowest BCUT2D eigenvalue weighted by molar-refractivity contribution is -0.137. The first-order chi connectivity index (χ1) is 17.0. The van der Waals surface area contributed by atoms with Gasteiger partial charge in [-0.3, -0.25) is 14.4 Å². The van der Waals surface area contributed by atoms with E-state index < -0.39 is 5.97 Å². The van der Waals surface area contributed by atoms with Gasteiger partial charge in [-0.05, 0) is 43.2 Å². The van der Waals surface area contributed by atoms with E-state index in [0.717, 1.165) is 18.4 Å². The summed E-state index contributed by atoms with van der Waals surface area (Å²) in [5, 5.41) is 11.9. The quantitative estimate of drug-likeness (QED) is 0.204. The van der Waals surface area contributed by atoms with Crippen LogP contribution in [0.1, 0.15) is 70.2 Å². The molecule has 0 aliphatic rings. The number of aromatic amines is 1. The predicted molar refractivity (Wildman–Crippen MR) is 133 cm³/mol. The Morgan fingerprint density at radius 3 is 2.20 bits per heavy atom. The van der Waals surface area contributed by atoms with E-state index in [2.05, 4.69) is 10.3 Å². The molecule has 0 radical (unpaired) electrons. The van der Waals surface area contributed by atoms with Gasteiger partial charge in [0.15, 0.2) is 5.78 Å². The molecule has 35 heavy (non-hydrogen) atoms. The van der Waals surface area contributed by atoms with Gasteiger partial charge in [-0.25, -0.2) is 4.98 Å². The zero-order chi connectivity index (χ0) is 24.6. The molecule has 3 aromatic carbocycles. The van der Waals surface area contributed by atoms with Crippen molar-refractivity contribution in [3.63, 3.8) is 0 Å². The number of carbonyl (C=O) groups is 3. The molecule has 3 N–H and O–H groups in total. The summed E-state index contributed by atoms with van der Waals surface area (Å²) in [5.41, 5.74) is 3.12. The number of ketones is 1. The summed E-state index contributed by atoms with van der Waals surface area (Å²) in [6.07, 6.45) is 2.79. The van der Waals surface area contributed by atoms with Gasteiger partial charge in [0.25, 0.3) is 5.91 Å². The second-order valence-corrected chi connectivity index (χ2v) is 8.43. The molecule has 0 saturated carbocycles. The summed E-state index contributed by atoms with van der Waals surface area (Å²) >= 11 is 0. The fourth-order valence-corrected chi connectivity index (χ4v) is 4.00. The maximum absolute atomic E-state index is 12.8. The number of hydrogen-bond donors (Lipinski definition) is 3. The van der Waals surface area contributed by atoms with E-state index in [1.54, 1.807) is 36.4 Å². The standard InChI is InChI=1S/C28H27N3O4/c32-25(33)15-9-3-8-14-23(31-28(35)20-12-6-2-7-13-20)27-29-22-17-16-21(18-24(22)30-27)26(34)19-10-4-1-5-11-19/h1-2,4-7,10-13,16-18,23H,3,8-9,14-15H2,(H,29,30)(H,31,35)(H,32,33)/t23-/m0/s1. The van der Waals surface area contributed by atoms with E-state index in [9.17, 15) is 14.4 Å². The van der Waals surface area contributed by atoms with Crippen LogP contribution >= 0.6 is 0 Å². The number of carboxylic acid groups (broad SMARTS) is 1. The minimum absolute atomic E-state index is 0.0792. The van der Waals surface area contributed by atoms with Crippen LogP contribution in [0.15, 0.2) is 78.9 Å². The average Bonchev–Trinajstić information content (AvgIpc) is 3.31. The molecule has 0 bridgehead atoms. The lowest BCUT2D eigenvalue weighted by Crippen LogP contribution is -2.29. The first kappa shape index (κ1) is 23.9. The van der Waals surface area contributed by atoms with Gasteiger partial charge in [0.1, 0.15) is 5.82 Å². The van der Waals surface area contributed by atoms with E-state index in [1.807, 2.05) is 42.5 Å². The lowest BCUT2D eigenvalue weighted by Gasteiger charge is -2.17. The van der Waals surface area contributed by atoms with Crippen molar-refractivity contribution in [1.82, 2.24) is 15.3 Å². The molecule has 0 saturated heterocycles. The fourth-order valence-electron chi connectivity index (χ4n) is 4.00. The number of hydrogen-bond acceptors (Lipinski definition) is 4. The molecular weight excluding hydrogens is 442 g/mol. The highest BCUT2D eigenvalue weighted by Gasteiger charge is 2.20. The second kappa shape index (κ2) is 11.2. The maximum atomic E-state index is 12.8. The number of nitrogens with zero attached hydrogens (tertiary/aromatic N) is 1. The van der Waals surface area contributed by atoms with Crippen LogP contribution in [-0.4, -0.2) is 32.7 Å². The predicted octanol–water partition coefficient (Wildman–Crippen LogP) is 5.30. The normalized spacial score (nSPS) is 11.8. The van der Waals surface area contributed by atoms with Crippen LogP contribution in [-0.2, 0) is 4.79 Å². The summed E-state index contributed by atoms with van der Waals surface area (Å²) in [4.78, 5) is 44.5. The number of carboxylic acids is 1.